The molecule has 3 aromatic heterocycles. The van der Waals surface area contributed by atoms with Gasteiger partial charge in [0.1, 0.15) is 17.1 Å². The first-order valence-corrected chi connectivity index (χ1v) is 29.6. The fourth-order valence-electron chi connectivity index (χ4n) is 13.5. The predicted molar refractivity (Wildman–Crippen MR) is 295 cm³/mol. The summed E-state index contributed by atoms with van der Waals surface area (Å²) in [6.45, 7) is 23.9. The molecule has 2 N–H and O–H groups in total. The van der Waals surface area contributed by atoms with Gasteiger partial charge >= 0.3 is 5.97 Å². The number of nitrogens with zero attached hydrogens (tertiary/aromatic N) is 7. The zero-order valence-electron chi connectivity index (χ0n) is 46.6. The maximum absolute atomic E-state index is 15.2. The summed E-state index contributed by atoms with van der Waals surface area (Å²) in [7, 11) is 1.75. The van der Waals surface area contributed by atoms with Gasteiger partial charge in [-0.25, -0.2) is 10.4 Å². The van der Waals surface area contributed by atoms with E-state index < -0.39 is 29.5 Å². The van der Waals surface area contributed by atoms with Crippen molar-refractivity contribution in [2.75, 3.05) is 90.9 Å². The highest BCUT2D eigenvalue weighted by atomic mass is 32.1. The van der Waals surface area contributed by atoms with Crippen molar-refractivity contribution in [1.29, 1.82) is 0 Å². The summed E-state index contributed by atoms with van der Waals surface area (Å²) >= 11 is 1.53. The quantitative estimate of drug-likeness (QED) is 0.137. The lowest BCUT2D eigenvalue weighted by atomic mass is 9.76. The smallest absolute Gasteiger partial charge is 0.324 e. The number of hydrogen-bond donors (Lipinski definition) is 2. The van der Waals surface area contributed by atoms with Gasteiger partial charge in [-0.05, 0) is 94.9 Å². The van der Waals surface area contributed by atoms with Crippen molar-refractivity contribution >= 4 is 45.7 Å². The molecule has 4 aromatic rings. The van der Waals surface area contributed by atoms with Gasteiger partial charge in [-0.2, -0.15) is 0 Å². The topological polar surface area (TPSA) is 165 Å². The van der Waals surface area contributed by atoms with Crippen LogP contribution in [0.2, 0.25) is 0 Å². The maximum Gasteiger partial charge on any atom is 0.324 e. The molecule has 0 radical (unpaired) electrons. The molecule has 5 saturated heterocycles. The van der Waals surface area contributed by atoms with Crippen molar-refractivity contribution in [1.82, 2.24) is 40.1 Å². The summed E-state index contributed by atoms with van der Waals surface area (Å²) in [6.07, 6.45) is 7.73. The monoisotopic (exact) mass is 1080 g/mol. The van der Waals surface area contributed by atoms with Gasteiger partial charge in [0.15, 0.2) is 0 Å². The van der Waals surface area contributed by atoms with E-state index in [0.717, 1.165) is 114 Å². The average molecular weight is 1080 g/mol. The van der Waals surface area contributed by atoms with Crippen LogP contribution in [0.3, 0.4) is 0 Å². The fraction of sp³-hybridized carbons (Fsp3) is 0.678. The van der Waals surface area contributed by atoms with Crippen LogP contribution in [-0.4, -0.2) is 163 Å². The van der Waals surface area contributed by atoms with E-state index in [-0.39, 0.29) is 59.4 Å². The Bertz CT molecular complexity index is 2850. The third-order valence-corrected chi connectivity index (χ3v) is 19.4. The number of nitrogens with one attached hydrogen (secondary N) is 2. The van der Waals surface area contributed by atoms with Crippen LogP contribution in [0.25, 0.3) is 33.4 Å². The van der Waals surface area contributed by atoms with Gasteiger partial charge in [0.25, 0.3) is 5.91 Å². The van der Waals surface area contributed by atoms with E-state index in [4.69, 9.17) is 33.7 Å². The number of esters is 1. The fourth-order valence-corrected chi connectivity index (χ4v) is 14.5. The van der Waals surface area contributed by atoms with Crippen LogP contribution < -0.4 is 15.6 Å². The molecule has 17 nitrogen and oxygen atoms in total. The number of benzene rings is 1. The average Bonchev–Trinajstić information content (AvgIpc) is 4.27. The molecule has 1 spiro atoms. The zero-order valence-corrected chi connectivity index (χ0v) is 47.4. The molecule has 77 heavy (non-hydrogen) atoms. The van der Waals surface area contributed by atoms with Gasteiger partial charge in [0, 0.05) is 123 Å². The molecule has 9 heterocycles. The Morgan fingerprint density at radius 3 is 2.45 bits per heavy atom. The molecular weight excluding hydrogens is 995 g/mol. The van der Waals surface area contributed by atoms with Gasteiger partial charge in [-0.1, -0.05) is 33.8 Å². The molecule has 6 bridgehead atoms. The van der Waals surface area contributed by atoms with E-state index in [1.54, 1.807) is 12.1 Å². The molecule has 416 valence electrons. The van der Waals surface area contributed by atoms with Crippen LogP contribution in [0.4, 0.5) is 5.69 Å². The summed E-state index contributed by atoms with van der Waals surface area (Å²) in [4.78, 5) is 62.1. The predicted octanol–water partition coefficient (Wildman–Crippen LogP) is 7.17. The molecule has 2 amide bonds. The number of thiazole rings is 1. The number of anilines is 1. The van der Waals surface area contributed by atoms with Gasteiger partial charge in [0.05, 0.1) is 79.2 Å². The van der Waals surface area contributed by atoms with Crippen molar-refractivity contribution in [2.45, 2.75) is 142 Å². The number of likely N-dealkylation sites (tertiary alicyclic amines) is 1. The van der Waals surface area contributed by atoms with Gasteiger partial charge in [-0.15, -0.1) is 11.3 Å². The third-order valence-electron chi connectivity index (χ3n) is 18.5. The van der Waals surface area contributed by atoms with Crippen LogP contribution in [0.5, 0.6) is 0 Å². The minimum Gasteiger partial charge on any atom is -0.464 e. The Balaban J connectivity index is 1.00. The lowest BCUT2D eigenvalue weighted by Crippen LogP contribution is -2.70. The number of fused-ring (bicyclic) bond motifs is 6. The number of hydrazine groups is 1. The molecule has 12 rings (SSSR count). The number of methoxy groups -OCH3 is 1. The lowest BCUT2D eigenvalue weighted by molar-refractivity contribution is -0.202. The zero-order chi connectivity index (χ0) is 53.5. The first-order valence-electron chi connectivity index (χ1n) is 28.7. The number of piperazine rings is 1. The molecule has 18 heteroatoms. The Kier molecular flexibility index (Phi) is 14.4. The van der Waals surface area contributed by atoms with Crippen LogP contribution in [-0.2, 0) is 51.0 Å². The van der Waals surface area contributed by atoms with Crippen LogP contribution in [0.15, 0.2) is 35.8 Å². The van der Waals surface area contributed by atoms with E-state index in [1.807, 2.05) is 6.20 Å². The maximum atomic E-state index is 15.2. The van der Waals surface area contributed by atoms with E-state index in [0.29, 0.717) is 58.8 Å². The molecule has 1 unspecified atom stereocenters. The van der Waals surface area contributed by atoms with Crippen LogP contribution >= 0.6 is 11.3 Å². The Labute approximate surface area is 458 Å². The number of carbonyl (C=O) groups excluding carboxylic acids is 3. The molecule has 2 aliphatic carbocycles. The second-order valence-electron chi connectivity index (χ2n) is 25.5. The molecule has 6 aliphatic heterocycles. The summed E-state index contributed by atoms with van der Waals surface area (Å²) in [5.41, 5.74) is 10.5. The number of pyridine rings is 1. The van der Waals surface area contributed by atoms with Crippen molar-refractivity contribution in [3.8, 4) is 22.5 Å². The summed E-state index contributed by atoms with van der Waals surface area (Å²) in [5, 5.41) is 8.80. The van der Waals surface area contributed by atoms with E-state index >= 15 is 4.79 Å². The molecule has 8 aliphatic rings. The lowest BCUT2D eigenvalue weighted by Gasteiger charge is -2.58. The van der Waals surface area contributed by atoms with E-state index in [2.05, 4.69) is 108 Å². The number of rotatable bonds is 12. The first kappa shape index (κ1) is 53.1. The Morgan fingerprint density at radius 2 is 1.75 bits per heavy atom. The van der Waals surface area contributed by atoms with Crippen molar-refractivity contribution in [3.63, 3.8) is 0 Å². The Hall–Kier alpha value is -4.53. The highest BCUT2D eigenvalue weighted by Crippen LogP contribution is 2.49. The standard InChI is InChI=1S/C59H81N9O8S/c1-35-36(2)48(35)53(69)62-50-52(66-30-59(31-66)33-73-34-59)54-61-46(29-77-54)38-11-14-47-42(24-38)44(27-57(4,5)32-75-56(71)45-10-9-16-68(63-45)55(50)70)51(67(47)21-23-74-41-15-22-76-58(6,7)26-41)43-25-40(28-60-49(43)37(3)72-8)65-19-17-64(18-20-65)39-12-13-39/h11,14,24-25,28-29,35-37,39,41,45,48,50,52,63H,9-10,12-13,15-23,26-27,30-34H2,1-8H3,(H,62,69)/t35-,36+,37-,41-,45-,48?,50-,52-/m0/s1. The number of cyclic esters (lactones) is 1. The normalized spacial score (nSPS) is 29.8. The number of hydrogen-bond acceptors (Lipinski definition) is 15. The van der Waals surface area contributed by atoms with E-state index in [9.17, 15) is 9.59 Å². The number of aromatic nitrogens is 3. The molecule has 1 aromatic carbocycles. The number of amides is 2. The van der Waals surface area contributed by atoms with Gasteiger partial charge in [0.2, 0.25) is 5.91 Å². The number of carbonyl (C=O) groups is 3. The SMILES string of the molecule is CO[C@@H](C)c1ncc(N2CCN(C3CC3)CC2)cc1-c1c2c3cc(ccc3n1CCO[C@H]1CCOC(C)(C)C1)-c1csc(n1)[C@@H](N1CC3(COC3)C1)[C@H](NC(=O)C1[C@@H](C)[C@H]1C)C(=O)N1CCC[C@H](N1)C(=O)OCC(C)(C)C2. The molecular formula is C59H81N9O8S. The molecule has 7 fully saturated rings. The molecule has 2 saturated carbocycles. The van der Waals surface area contributed by atoms with Crippen molar-refractivity contribution in [2.24, 2.45) is 28.6 Å². The third kappa shape index (κ3) is 10.6. The summed E-state index contributed by atoms with van der Waals surface area (Å²) in [5.74, 6) is -0.548. The highest BCUT2D eigenvalue weighted by molar-refractivity contribution is 7.10. The Morgan fingerprint density at radius 1 is 0.974 bits per heavy atom. The molecule has 8 atom stereocenters. The second kappa shape index (κ2) is 20.9. The van der Waals surface area contributed by atoms with Crippen molar-refractivity contribution < 1.29 is 38.1 Å². The first-order chi connectivity index (χ1) is 37.0. The van der Waals surface area contributed by atoms with Crippen LogP contribution in [0, 0.1) is 28.6 Å². The van der Waals surface area contributed by atoms with Crippen LogP contribution in [0.1, 0.15) is 115 Å². The largest absolute Gasteiger partial charge is 0.464 e. The summed E-state index contributed by atoms with van der Waals surface area (Å²) in [6, 6.07) is 7.49. The highest BCUT2D eigenvalue weighted by Gasteiger charge is 2.56. The van der Waals surface area contributed by atoms with E-state index in [1.165, 1.54) is 24.2 Å². The van der Waals surface area contributed by atoms with Gasteiger partial charge in [-0.3, -0.25) is 34.2 Å². The minimum atomic E-state index is -0.963. The number of ether oxygens (including phenoxy) is 5. The summed E-state index contributed by atoms with van der Waals surface area (Å²) < 4.78 is 33.6. The van der Waals surface area contributed by atoms with Gasteiger partial charge < -0.3 is 38.5 Å². The minimum absolute atomic E-state index is 0.0228. The van der Waals surface area contributed by atoms with Crippen molar-refractivity contribution in [3.05, 3.63) is 52.1 Å². The second-order valence-corrected chi connectivity index (χ2v) is 26.4.